The third kappa shape index (κ3) is 7.02. The molecule has 8 heteroatoms. The molecule has 1 fully saturated rings. The topological polar surface area (TPSA) is 80.2 Å². The van der Waals surface area contributed by atoms with Crippen LogP contribution in [0.2, 0.25) is 0 Å². The second-order valence-electron chi connectivity index (χ2n) is 8.18. The molecule has 0 spiro atoms. The average Bonchev–Trinajstić information content (AvgIpc) is 3.23. The largest absolute Gasteiger partial charge is 0.497 e. The Labute approximate surface area is 191 Å². The highest BCUT2D eigenvalue weighted by Gasteiger charge is 2.23. The predicted octanol–water partition coefficient (Wildman–Crippen LogP) is 2.83. The third-order valence-corrected chi connectivity index (χ3v) is 5.27. The summed E-state index contributed by atoms with van der Waals surface area (Å²) in [7, 11) is 5.15. The molecule has 174 valence electrons. The molecule has 1 saturated heterocycles. The van der Waals surface area contributed by atoms with Gasteiger partial charge < -0.3 is 24.8 Å². The summed E-state index contributed by atoms with van der Waals surface area (Å²) in [6, 6.07) is 10.3. The summed E-state index contributed by atoms with van der Waals surface area (Å²) < 4.78 is 16.4. The maximum Gasteiger partial charge on any atom is 0.213 e. The Kier molecular flexibility index (Phi) is 8.56. The number of aliphatic imine (C=N–C) groups is 1. The second-order valence-corrected chi connectivity index (χ2v) is 8.18. The first-order valence-electron chi connectivity index (χ1n) is 11.0. The molecular formula is C24H35N5O3. The molecule has 0 bridgehead atoms. The molecule has 1 aromatic carbocycles. The second kappa shape index (κ2) is 11.6. The maximum atomic E-state index is 5.60. The molecule has 1 aliphatic rings. The lowest BCUT2D eigenvalue weighted by Gasteiger charge is -2.19. The van der Waals surface area contributed by atoms with Crippen LogP contribution in [-0.4, -0.2) is 62.3 Å². The molecule has 0 radical (unpaired) electrons. The van der Waals surface area contributed by atoms with Crippen molar-refractivity contribution >= 4 is 5.96 Å². The lowest BCUT2D eigenvalue weighted by Crippen LogP contribution is -2.44. The van der Waals surface area contributed by atoms with E-state index in [0.29, 0.717) is 18.5 Å². The number of rotatable bonds is 9. The Morgan fingerprint density at radius 3 is 2.50 bits per heavy atom. The van der Waals surface area contributed by atoms with Crippen LogP contribution in [0.4, 0.5) is 0 Å². The van der Waals surface area contributed by atoms with Gasteiger partial charge in [0, 0.05) is 57.6 Å². The number of nitrogens with zero attached hydrogens (tertiary/aromatic N) is 3. The molecule has 3 rings (SSSR count). The van der Waals surface area contributed by atoms with Crippen molar-refractivity contribution < 1.29 is 14.2 Å². The van der Waals surface area contributed by atoms with Crippen LogP contribution in [0.5, 0.6) is 17.4 Å². The summed E-state index contributed by atoms with van der Waals surface area (Å²) in [5.74, 6) is 3.07. The highest BCUT2D eigenvalue weighted by molar-refractivity contribution is 5.80. The Bertz CT molecular complexity index is 863. The molecule has 1 atom stereocenters. The monoisotopic (exact) mass is 441 g/mol. The molecule has 8 nitrogen and oxygen atoms in total. The molecular weight excluding hydrogens is 406 g/mol. The molecule has 32 heavy (non-hydrogen) atoms. The van der Waals surface area contributed by atoms with Gasteiger partial charge >= 0.3 is 0 Å². The van der Waals surface area contributed by atoms with E-state index in [4.69, 9.17) is 14.2 Å². The smallest absolute Gasteiger partial charge is 0.213 e. The first-order chi connectivity index (χ1) is 15.5. The SMILES string of the molecule is CN=C(NCc1ccc(OC(C)C)nc1)NC1CCN(Cc2cc(OC)cc(OC)c2)C1. The summed E-state index contributed by atoms with van der Waals surface area (Å²) in [4.78, 5) is 11.2. The van der Waals surface area contributed by atoms with Crippen LogP contribution in [-0.2, 0) is 13.1 Å². The van der Waals surface area contributed by atoms with Crippen LogP contribution in [0, 0.1) is 0 Å². The van der Waals surface area contributed by atoms with E-state index in [9.17, 15) is 0 Å². The minimum atomic E-state index is 0.117. The first kappa shape index (κ1) is 23.7. The van der Waals surface area contributed by atoms with Gasteiger partial charge in [0.05, 0.1) is 20.3 Å². The van der Waals surface area contributed by atoms with Gasteiger partial charge in [-0.25, -0.2) is 4.98 Å². The van der Waals surface area contributed by atoms with E-state index in [1.807, 2.05) is 38.2 Å². The fourth-order valence-corrected chi connectivity index (χ4v) is 3.71. The van der Waals surface area contributed by atoms with Crippen molar-refractivity contribution in [3.8, 4) is 17.4 Å². The Morgan fingerprint density at radius 2 is 1.91 bits per heavy atom. The summed E-state index contributed by atoms with van der Waals surface area (Å²) in [6.45, 7) is 7.45. The standard InChI is InChI=1S/C24H35N5O3/c1-17(2)32-23-7-6-18(13-26-23)14-27-24(25-3)28-20-8-9-29(16-20)15-19-10-21(30-4)12-22(11-19)31-5/h6-7,10-13,17,20H,8-9,14-16H2,1-5H3,(H2,25,27,28). The number of guanidine groups is 1. The molecule has 0 saturated carbocycles. The van der Waals surface area contributed by atoms with Gasteiger partial charge in [-0.1, -0.05) is 6.07 Å². The average molecular weight is 442 g/mol. The quantitative estimate of drug-likeness (QED) is 0.458. The zero-order chi connectivity index (χ0) is 22.9. The van der Waals surface area contributed by atoms with E-state index in [1.54, 1.807) is 21.3 Å². The van der Waals surface area contributed by atoms with Gasteiger partial charge in [-0.3, -0.25) is 9.89 Å². The first-order valence-corrected chi connectivity index (χ1v) is 11.0. The van der Waals surface area contributed by atoms with Gasteiger partial charge in [-0.15, -0.1) is 0 Å². The molecule has 0 amide bonds. The van der Waals surface area contributed by atoms with Crippen molar-refractivity contribution in [1.82, 2.24) is 20.5 Å². The molecule has 0 aliphatic carbocycles. The highest BCUT2D eigenvalue weighted by Crippen LogP contribution is 2.24. The summed E-state index contributed by atoms with van der Waals surface area (Å²) >= 11 is 0. The van der Waals surface area contributed by atoms with E-state index >= 15 is 0 Å². The van der Waals surface area contributed by atoms with Crippen LogP contribution in [0.25, 0.3) is 0 Å². The molecule has 1 unspecified atom stereocenters. The number of hydrogen-bond donors (Lipinski definition) is 2. The van der Waals surface area contributed by atoms with Crippen molar-refractivity contribution in [2.75, 3.05) is 34.4 Å². The molecule has 2 aromatic rings. The zero-order valence-corrected chi connectivity index (χ0v) is 19.7. The lowest BCUT2D eigenvalue weighted by molar-refractivity contribution is 0.232. The molecule has 1 aliphatic heterocycles. The third-order valence-electron chi connectivity index (χ3n) is 5.27. The van der Waals surface area contributed by atoms with Crippen LogP contribution in [0.3, 0.4) is 0 Å². The molecule has 2 heterocycles. The van der Waals surface area contributed by atoms with E-state index in [1.165, 1.54) is 5.56 Å². The van der Waals surface area contributed by atoms with Crippen molar-refractivity contribution in [3.05, 3.63) is 47.7 Å². The number of ether oxygens (including phenoxy) is 3. The predicted molar refractivity (Wildman–Crippen MR) is 127 cm³/mol. The van der Waals surface area contributed by atoms with Crippen molar-refractivity contribution in [2.24, 2.45) is 4.99 Å². The molecule has 2 N–H and O–H groups in total. The lowest BCUT2D eigenvalue weighted by atomic mass is 10.2. The minimum Gasteiger partial charge on any atom is -0.497 e. The van der Waals surface area contributed by atoms with Crippen molar-refractivity contribution in [2.45, 2.75) is 45.5 Å². The van der Waals surface area contributed by atoms with Crippen LogP contribution < -0.4 is 24.8 Å². The maximum absolute atomic E-state index is 5.60. The van der Waals surface area contributed by atoms with E-state index in [-0.39, 0.29) is 6.10 Å². The van der Waals surface area contributed by atoms with Crippen molar-refractivity contribution in [3.63, 3.8) is 0 Å². The Morgan fingerprint density at radius 1 is 1.16 bits per heavy atom. The van der Waals surface area contributed by atoms with Crippen LogP contribution >= 0.6 is 0 Å². The van der Waals surface area contributed by atoms with Gasteiger partial charge in [0.1, 0.15) is 11.5 Å². The highest BCUT2D eigenvalue weighted by atomic mass is 16.5. The van der Waals surface area contributed by atoms with Gasteiger partial charge in [-0.2, -0.15) is 0 Å². The fourth-order valence-electron chi connectivity index (χ4n) is 3.71. The van der Waals surface area contributed by atoms with Gasteiger partial charge in [0.15, 0.2) is 5.96 Å². The van der Waals surface area contributed by atoms with Crippen molar-refractivity contribution in [1.29, 1.82) is 0 Å². The van der Waals surface area contributed by atoms with Gasteiger partial charge in [-0.05, 0) is 43.5 Å². The Balaban J connectivity index is 1.47. The number of aromatic nitrogens is 1. The normalized spacial score (nSPS) is 16.8. The number of pyridine rings is 1. The number of methoxy groups -OCH3 is 2. The summed E-state index contributed by atoms with van der Waals surface area (Å²) in [5.41, 5.74) is 2.26. The van der Waals surface area contributed by atoms with E-state index in [2.05, 4.69) is 37.6 Å². The Hall–Kier alpha value is -3.00. The summed E-state index contributed by atoms with van der Waals surface area (Å²) in [5, 5.41) is 6.91. The zero-order valence-electron chi connectivity index (χ0n) is 19.7. The van der Waals surface area contributed by atoms with E-state index in [0.717, 1.165) is 49.1 Å². The van der Waals surface area contributed by atoms with Gasteiger partial charge in [0.2, 0.25) is 5.88 Å². The fraction of sp³-hybridized carbons (Fsp3) is 0.500. The summed E-state index contributed by atoms with van der Waals surface area (Å²) in [6.07, 6.45) is 3.01. The minimum absolute atomic E-state index is 0.117. The van der Waals surface area contributed by atoms with E-state index < -0.39 is 0 Å². The number of likely N-dealkylation sites (tertiary alicyclic amines) is 1. The number of nitrogens with one attached hydrogen (secondary N) is 2. The van der Waals surface area contributed by atoms with Gasteiger partial charge in [0.25, 0.3) is 0 Å². The number of benzene rings is 1. The number of hydrogen-bond acceptors (Lipinski definition) is 6. The molecule has 1 aromatic heterocycles. The van der Waals surface area contributed by atoms with Crippen LogP contribution in [0.1, 0.15) is 31.4 Å². The van der Waals surface area contributed by atoms with Crippen LogP contribution in [0.15, 0.2) is 41.5 Å².